The Labute approximate surface area is 198 Å². The highest BCUT2D eigenvalue weighted by Gasteiger charge is 2.23. The van der Waals surface area contributed by atoms with E-state index in [0.29, 0.717) is 37.0 Å². The van der Waals surface area contributed by atoms with Crippen LogP contribution in [-0.2, 0) is 9.47 Å². The van der Waals surface area contributed by atoms with Crippen molar-refractivity contribution in [1.82, 2.24) is 34.1 Å². The normalized spacial score (nSPS) is 15.5. The number of hydrogen-bond donors (Lipinski definition) is 1. The van der Waals surface area contributed by atoms with E-state index in [4.69, 9.17) is 24.4 Å². The van der Waals surface area contributed by atoms with Crippen molar-refractivity contribution in [2.45, 2.75) is 39.8 Å². The first-order chi connectivity index (χ1) is 16.5. The predicted molar refractivity (Wildman–Crippen MR) is 130 cm³/mol. The van der Waals surface area contributed by atoms with Gasteiger partial charge in [0.2, 0.25) is 5.65 Å². The molecule has 0 bridgehead atoms. The molecule has 34 heavy (non-hydrogen) atoms. The minimum Gasteiger partial charge on any atom is -0.383 e. The molecule has 1 saturated heterocycles. The number of nitrogens with zero attached hydrogens (tertiary/aromatic N) is 8. The number of nitrogens with one attached hydrogen (secondary N) is 1. The van der Waals surface area contributed by atoms with Gasteiger partial charge in [-0.25, -0.2) is 15.0 Å². The molecular weight excluding hydrogens is 434 g/mol. The zero-order valence-corrected chi connectivity index (χ0v) is 20.3. The second-order valence-corrected chi connectivity index (χ2v) is 8.94. The fourth-order valence-corrected chi connectivity index (χ4v) is 4.33. The lowest BCUT2D eigenvalue weighted by atomic mass is 10.3. The van der Waals surface area contributed by atoms with Crippen molar-refractivity contribution in [1.29, 1.82) is 0 Å². The molecule has 0 spiro atoms. The van der Waals surface area contributed by atoms with Gasteiger partial charge in [-0.3, -0.25) is 4.40 Å². The number of rotatable bonds is 7. The summed E-state index contributed by atoms with van der Waals surface area (Å²) < 4.78 is 15.1. The fourth-order valence-electron chi connectivity index (χ4n) is 4.33. The van der Waals surface area contributed by atoms with E-state index in [2.05, 4.69) is 45.8 Å². The Morgan fingerprint density at radius 1 is 1.06 bits per heavy atom. The molecule has 0 unspecified atom stereocenters. The molecule has 11 nitrogen and oxygen atoms in total. The molecule has 5 heterocycles. The zero-order chi connectivity index (χ0) is 23.8. The van der Waals surface area contributed by atoms with Crippen molar-refractivity contribution in [2.24, 2.45) is 0 Å². The standard InChI is InChI=1S/C23H31N9O2/c1-14(2)24-20-23-29-28-16(4)31(23)12-18(25-20)22-26-17-6-7-19(30-8-10-34-11-9-30)27-21(17)32(22)15(3)13-33-5/h6-7,12,14-15H,8-11,13H2,1-5H3,(H,24,25)/t15-/m0/s1. The van der Waals surface area contributed by atoms with Gasteiger partial charge >= 0.3 is 0 Å². The molecule has 11 heteroatoms. The summed E-state index contributed by atoms with van der Waals surface area (Å²) in [4.78, 5) is 17.2. The smallest absolute Gasteiger partial charge is 0.203 e. The molecule has 0 aromatic carbocycles. The maximum atomic E-state index is 5.51. The first-order valence-corrected chi connectivity index (χ1v) is 11.7. The van der Waals surface area contributed by atoms with Crippen molar-refractivity contribution >= 4 is 28.4 Å². The van der Waals surface area contributed by atoms with Crippen LogP contribution in [0.15, 0.2) is 18.3 Å². The van der Waals surface area contributed by atoms with Crippen LogP contribution in [0.25, 0.3) is 28.3 Å². The average Bonchev–Trinajstić information content (AvgIpc) is 3.40. The molecule has 0 amide bonds. The summed E-state index contributed by atoms with van der Waals surface area (Å²) in [5.41, 5.74) is 3.03. The Morgan fingerprint density at radius 3 is 2.59 bits per heavy atom. The molecule has 0 radical (unpaired) electrons. The number of ether oxygens (including phenoxy) is 2. The van der Waals surface area contributed by atoms with E-state index in [-0.39, 0.29) is 12.1 Å². The number of methoxy groups -OCH3 is 1. The van der Waals surface area contributed by atoms with Gasteiger partial charge in [0.25, 0.3) is 0 Å². The molecule has 1 N–H and O–H groups in total. The molecule has 180 valence electrons. The van der Waals surface area contributed by atoms with Crippen LogP contribution in [0.5, 0.6) is 0 Å². The van der Waals surface area contributed by atoms with Gasteiger partial charge in [0, 0.05) is 32.4 Å². The van der Waals surface area contributed by atoms with Crippen molar-refractivity contribution in [2.75, 3.05) is 50.2 Å². The Balaban J connectivity index is 1.70. The van der Waals surface area contributed by atoms with E-state index in [1.165, 1.54) is 0 Å². The lowest BCUT2D eigenvalue weighted by molar-refractivity contribution is 0.122. The number of pyridine rings is 1. The average molecular weight is 466 g/mol. The Bertz CT molecular complexity index is 1310. The zero-order valence-electron chi connectivity index (χ0n) is 20.3. The first kappa shape index (κ1) is 22.5. The number of anilines is 2. The highest BCUT2D eigenvalue weighted by Crippen LogP contribution is 2.30. The lowest BCUT2D eigenvalue weighted by Gasteiger charge is -2.27. The van der Waals surface area contributed by atoms with E-state index < -0.39 is 0 Å². The minimum atomic E-state index is -0.00143. The van der Waals surface area contributed by atoms with E-state index in [1.807, 2.05) is 29.7 Å². The second kappa shape index (κ2) is 9.15. The third-order valence-electron chi connectivity index (χ3n) is 5.92. The van der Waals surface area contributed by atoms with Gasteiger partial charge in [-0.2, -0.15) is 0 Å². The van der Waals surface area contributed by atoms with E-state index in [1.54, 1.807) is 7.11 Å². The van der Waals surface area contributed by atoms with Crippen LogP contribution in [-0.4, -0.2) is 80.2 Å². The minimum absolute atomic E-state index is 0.00143. The molecular formula is C23H31N9O2. The van der Waals surface area contributed by atoms with Gasteiger partial charge in [0.05, 0.1) is 25.9 Å². The predicted octanol–water partition coefficient (Wildman–Crippen LogP) is 2.71. The SMILES string of the molecule is COC[C@H](C)n1c(-c2cn3c(C)nnc3c(NC(C)C)n2)nc2ccc(N3CCOCC3)nc21. The van der Waals surface area contributed by atoms with Gasteiger partial charge < -0.3 is 24.3 Å². The van der Waals surface area contributed by atoms with Crippen molar-refractivity contribution in [3.8, 4) is 11.5 Å². The monoisotopic (exact) mass is 465 g/mol. The third-order valence-corrected chi connectivity index (χ3v) is 5.92. The van der Waals surface area contributed by atoms with E-state index in [9.17, 15) is 0 Å². The van der Waals surface area contributed by atoms with Crippen LogP contribution in [0.2, 0.25) is 0 Å². The molecule has 1 fully saturated rings. The van der Waals surface area contributed by atoms with Crippen LogP contribution < -0.4 is 10.2 Å². The van der Waals surface area contributed by atoms with Crippen molar-refractivity contribution < 1.29 is 9.47 Å². The molecule has 1 aliphatic rings. The van der Waals surface area contributed by atoms with Crippen molar-refractivity contribution in [3.05, 3.63) is 24.2 Å². The van der Waals surface area contributed by atoms with Gasteiger partial charge in [0.1, 0.15) is 22.9 Å². The highest BCUT2D eigenvalue weighted by atomic mass is 16.5. The number of morpholine rings is 1. The van der Waals surface area contributed by atoms with Crippen LogP contribution >= 0.6 is 0 Å². The summed E-state index contributed by atoms with van der Waals surface area (Å²) in [5.74, 6) is 3.11. The van der Waals surface area contributed by atoms with Gasteiger partial charge in [0.15, 0.2) is 17.3 Å². The molecule has 1 aliphatic heterocycles. The summed E-state index contributed by atoms with van der Waals surface area (Å²) >= 11 is 0. The number of hydrogen-bond acceptors (Lipinski definition) is 9. The Hall–Kier alpha value is -3.31. The second-order valence-electron chi connectivity index (χ2n) is 8.94. The topological polar surface area (TPSA) is 108 Å². The van der Waals surface area contributed by atoms with E-state index in [0.717, 1.165) is 41.7 Å². The summed E-state index contributed by atoms with van der Waals surface area (Å²) in [6.45, 7) is 11.7. The van der Waals surface area contributed by atoms with Crippen molar-refractivity contribution in [3.63, 3.8) is 0 Å². The number of imidazole rings is 1. The van der Waals surface area contributed by atoms with Crippen LogP contribution in [0.1, 0.15) is 32.6 Å². The van der Waals surface area contributed by atoms with Crippen LogP contribution in [0.4, 0.5) is 11.6 Å². The fraction of sp³-hybridized carbons (Fsp3) is 0.522. The van der Waals surface area contributed by atoms with Gasteiger partial charge in [-0.1, -0.05) is 0 Å². The van der Waals surface area contributed by atoms with Crippen LogP contribution in [0.3, 0.4) is 0 Å². The third kappa shape index (κ3) is 4.05. The maximum Gasteiger partial charge on any atom is 0.203 e. The van der Waals surface area contributed by atoms with E-state index >= 15 is 0 Å². The molecule has 1 atom stereocenters. The van der Waals surface area contributed by atoms with Crippen LogP contribution in [0, 0.1) is 6.92 Å². The number of aromatic nitrogens is 7. The number of fused-ring (bicyclic) bond motifs is 2. The van der Waals surface area contributed by atoms with Gasteiger partial charge in [-0.05, 0) is 39.8 Å². The summed E-state index contributed by atoms with van der Waals surface area (Å²) in [7, 11) is 1.71. The molecule has 0 saturated carbocycles. The molecule has 4 aromatic rings. The highest BCUT2D eigenvalue weighted by molar-refractivity contribution is 5.79. The summed E-state index contributed by atoms with van der Waals surface area (Å²) in [6.07, 6.45) is 1.94. The number of aryl methyl sites for hydroxylation is 1. The maximum absolute atomic E-state index is 5.51. The lowest BCUT2D eigenvalue weighted by Crippen LogP contribution is -2.36. The largest absolute Gasteiger partial charge is 0.383 e. The quantitative estimate of drug-likeness (QED) is 0.441. The summed E-state index contributed by atoms with van der Waals surface area (Å²) in [5, 5.41) is 12.0. The molecule has 5 rings (SSSR count). The summed E-state index contributed by atoms with van der Waals surface area (Å²) in [6, 6.07) is 4.25. The molecule has 0 aliphatic carbocycles. The Kier molecular flexibility index (Phi) is 6.05. The Morgan fingerprint density at radius 2 is 1.85 bits per heavy atom. The first-order valence-electron chi connectivity index (χ1n) is 11.7. The van der Waals surface area contributed by atoms with Gasteiger partial charge in [-0.15, -0.1) is 10.2 Å². The molecule has 4 aromatic heterocycles.